The van der Waals surface area contributed by atoms with E-state index in [-0.39, 0.29) is 5.60 Å². The van der Waals surface area contributed by atoms with E-state index in [0.717, 1.165) is 37.4 Å². The number of hydrogen-bond acceptors (Lipinski definition) is 4. The van der Waals surface area contributed by atoms with E-state index < -0.39 is 0 Å². The van der Waals surface area contributed by atoms with Gasteiger partial charge in [0.05, 0.1) is 19.3 Å². The van der Waals surface area contributed by atoms with Crippen molar-refractivity contribution in [2.45, 2.75) is 38.3 Å². The quantitative estimate of drug-likeness (QED) is 0.794. The van der Waals surface area contributed by atoms with Gasteiger partial charge in [-0.15, -0.1) is 0 Å². The Morgan fingerprint density at radius 3 is 2.55 bits per heavy atom. The van der Waals surface area contributed by atoms with Gasteiger partial charge in [-0.25, -0.2) is 0 Å². The topological polar surface area (TPSA) is 39.7 Å². The van der Waals surface area contributed by atoms with Gasteiger partial charge in [0.15, 0.2) is 11.5 Å². The molecule has 20 heavy (non-hydrogen) atoms. The summed E-state index contributed by atoms with van der Waals surface area (Å²) in [6.07, 6.45) is 3.58. The van der Waals surface area contributed by atoms with E-state index >= 15 is 0 Å². The Kier molecular flexibility index (Phi) is 5.26. The Morgan fingerprint density at radius 1 is 1.20 bits per heavy atom. The summed E-state index contributed by atoms with van der Waals surface area (Å²) < 4.78 is 16.5. The summed E-state index contributed by atoms with van der Waals surface area (Å²) in [5.41, 5.74) is 1.26. The van der Waals surface area contributed by atoms with E-state index in [1.54, 1.807) is 14.2 Å². The summed E-state index contributed by atoms with van der Waals surface area (Å²) >= 11 is 0. The molecule has 1 aliphatic carbocycles. The van der Waals surface area contributed by atoms with Crippen LogP contribution in [0.3, 0.4) is 0 Å². The number of benzene rings is 1. The van der Waals surface area contributed by atoms with Gasteiger partial charge in [0.1, 0.15) is 0 Å². The molecule has 0 unspecified atom stereocenters. The molecule has 1 aromatic rings. The predicted octanol–water partition coefficient (Wildman–Crippen LogP) is 2.75. The lowest BCUT2D eigenvalue weighted by molar-refractivity contribution is -0.0695. The zero-order valence-corrected chi connectivity index (χ0v) is 12.7. The fourth-order valence-electron chi connectivity index (χ4n) is 2.56. The molecule has 1 N–H and O–H groups in total. The first-order valence-electron chi connectivity index (χ1n) is 7.28. The smallest absolute Gasteiger partial charge is 0.161 e. The van der Waals surface area contributed by atoms with Gasteiger partial charge >= 0.3 is 0 Å². The molecule has 0 bridgehead atoms. The molecule has 1 fully saturated rings. The Morgan fingerprint density at radius 2 is 2.00 bits per heavy atom. The summed E-state index contributed by atoms with van der Waals surface area (Å²) in [6, 6.07) is 6.06. The Balaban J connectivity index is 1.89. The largest absolute Gasteiger partial charge is 0.493 e. The first-order valence-corrected chi connectivity index (χ1v) is 7.28. The molecule has 2 rings (SSSR count). The van der Waals surface area contributed by atoms with Crippen LogP contribution in [0.25, 0.3) is 0 Å². The van der Waals surface area contributed by atoms with Crippen LogP contribution in [0.4, 0.5) is 0 Å². The summed E-state index contributed by atoms with van der Waals surface area (Å²) in [5.74, 6) is 1.59. The van der Waals surface area contributed by atoms with Gasteiger partial charge in [-0.05, 0) is 43.9 Å². The minimum absolute atomic E-state index is 0.0648. The Bertz CT molecular complexity index is 424. The molecule has 1 aliphatic rings. The molecule has 0 heterocycles. The van der Waals surface area contributed by atoms with Crippen molar-refractivity contribution >= 4 is 0 Å². The van der Waals surface area contributed by atoms with E-state index in [1.807, 2.05) is 19.1 Å². The number of methoxy groups -OCH3 is 2. The van der Waals surface area contributed by atoms with Gasteiger partial charge in [0, 0.05) is 20.2 Å². The van der Waals surface area contributed by atoms with Crippen molar-refractivity contribution in [3.8, 4) is 11.5 Å². The maximum absolute atomic E-state index is 5.60. The van der Waals surface area contributed by atoms with Crippen LogP contribution < -0.4 is 14.8 Å². The molecule has 0 atom stereocenters. The molecule has 4 nitrogen and oxygen atoms in total. The van der Waals surface area contributed by atoms with Gasteiger partial charge in [0.2, 0.25) is 0 Å². The molecule has 4 heteroatoms. The minimum atomic E-state index is 0.0648. The fourth-order valence-corrected chi connectivity index (χ4v) is 2.56. The zero-order valence-electron chi connectivity index (χ0n) is 12.7. The maximum Gasteiger partial charge on any atom is 0.161 e. The highest BCUT2D eigenvalue weighted by atomic mass is 16.5. The van der Waals surface area contributed by atoms with Gasteiger partial charge < -0.3 is 19.5 Å². The Labute approximate surface area is 121 Å². The monoisotopic (exact) mass is 279 g/mol. The normalized spacial score (nSPS) is 16.6. The number of hydrogen-bond donors (Lipinski definition) is 1. The van der Waals surface area contributed by atoms with Crippen LogP contribution in [0.2, 0.25) is 0 Å². The van der Waals surface area contributed by atoms with Gasteiger partial charge in [0.25, 0.3) is 0 Å². The fraction of sp³-hybridized carbons (Fsp3) is 0.625. The SMILES string of the molecule is CCOc1ccc(CNCC2(OC)CCC2)cc1OC. The lowest BCUT2D eigenvalue weighted by Crippen LogP contribution is -2.47. The average molecular weight is 279 g/mol. The molecule has 112 valence electrons. The predicted molar refractivity (Wildman–Crippen MR) is 79.5 cm³/mol. The maximum atomic E-state index is 5.60. The molecule has 1 aromatic carbocycles. The van der Waals surface area contributed by atoms with Crippen LogP contribution in [-0.2, 0) is 11.3 Å². The van der Waals surface area contributed by atoms with E-state index in [9.17, 15) is 0 Å². The molecule has 0 saturated heterocycles. The first kappa shape index (κ1) is 15.1. The molecular weight excluding hydrogens is 254 g/mol. The second-order valence-corrected chi connectivity index (χ2v) is 5.26. The highest BCUT2D eigenvalue weighted by Gasteiger charge is 2.36. The van der Waals surface area contributed by atoms with E-state index in [0.29, 0.717) is 6.61 Å². The molecule has 0 aromatic heterocycles. The van der Waals surface area contributed by atoms with Crippen LogP contribution in [0.1, 0.15) is 31.7 Å². The minimum Gasteiger partial charge on any atom is -0.493 e. The number of nitrogens with one attached hydrogen (secondary N) is 1. The second kappa shape index (κ2) is 6.95. The second-order valence-electron chi connectivity index (χ2n) is 5.26. The number of rotatable bonds is 8. The lowest BCUT2D eigenvalue weighted by Gasteiger charge is -2.40. The summed E-state index contributed by atoms with van der Waals surface area (Å²) in [7, 11) is 3.48. The summed E-state index contributed by atoms with van der Waals surface area (Å²) in [6.45, 7) is 4.33. The highest BCUT2D eigenvalue weighted by Crippen LogP contribution is 2.34. The van der Waals surface area contributed by atoms with Crippen molar-refractivity contribution < 1.29 is 14.2 Å². The molecule has 0 amide bonds. The van der Waals surface area contributed by atoms with Crippen molar-refractivity contribution in [1.82, 2.24) is 5.32 Å². The third-order valence-corrected chi connectivity index (χ3v) is 4.00. The molecule has 0 aliphatic heterocycles. The van der Waals surface area contributed by atoms with E-state index in [1.165, 1.54) is 12.0 Å². The lowest BCUT2D eigenvalue weighted by atomic mass is 9.80. The Hall–Kier alpha value is -1.26. The van der Waals surface area contributed by atoms with E-state index in [2.05, 4.69) is 11.4 Å². The van der Waals surface area contributed by atoms with Crippen molar-refractivity contribution in [3.63, 3.8) is 0 Å². The highest BCUT2D eigenvalue weighted by molar-refractivity contribution is 5.42. The van der Waals surface area contributed by atoms with Crippen LogP contribution in [0.5, 0.6) is 11.5 Å². The molecule has 1 saturated carbocycles. The van der Waals surface area contributed by atoms with Crippen LogP contribution in [-0.4, -0.2) is 33.0 Å². The van der Waals surface area contributed by atoms with Crippen molar-refractivity contribution in [1.29, 1.82) is 0 Å². The number of ether oxygens (including phenoxy) is 3. The standard InChI is InChI=1S/C16H25NO3/c1-4-20-14-7-6-13(10-15(14)18-2)11-17-12-16(19-3)8-5-9-16/h6-7,10,17H,4-5,8-9,11-12H2,1-3H3. The third-order valence-electron chi connectivity index (χ3n) is 4.00. The average Bonchev–Trinajstić information content (AvgIpc) is 2.43. The third kappa shape index (κ3) is 3.44. The van der Waals surface area contributed by atoms with Crippen molar-refractivity contribution in [2.75, 3.05) is 27.4 Å². The van der Waals surface area contributed by atoms with Crippen LogP contribution >= 0.6 is 0 Å². The van der Waals surface area contributed by atoms with Gasteiger partial charge in [-0.2, -0.15) is 0 Å². The van der Waals surface area contributed by atoms with Crippen molar-refractivity contribution in [3.05, 3.63) is 23.8 Å². The first-order chi connectivity index (χ1) is 9.73. The summed E-state index contributed by atoms with van der Waals surface area (Å²) in [5, 5.41) is 3.48. The molecule has 0 spiro atoms. The van der Waals surface area contributed by atoms with Crippen LogP contribution in [0.15, 0.2) is 18.2 Å². The zero-order chi connectivity index (χ0) is 14.4. The van der Waals surface area contributed by atoms with Crippen LogP contribution in [0, 0.1) is 0 Å². The summed E-state index contributed by atoms with van der Waals surface area (Å²) in [4.78, 5) is 0. The molecule has 0 radical (unpaired) electrons. The molecular formula is C16H25NO3. The van der Waals surface area contributed by atoms with Crippen molar-refractivity contribution in [2.24, 2.45) is 0 Å². The van der Waals surface area contributed by atoms with E-state index in [4.69, 9.17) is 14.2 Å². The van der Waals surface area contributed by atoms with Gasteiger partial charge in [-0.1, -0.05) is 6.07 Å². The van der Waals surface area contributed by atoms with Gasteiger partial charge in [-0.3, -0.25) is 0 Å².